The van der Waals surface area contributed by atoms with Gasteiger partial charge >= 0.3 is 11.9 Å². The van der Waals surface area contributed by atoms with E-state index in [1.54, 1.807) is 12.1 Å². The van der Waals surface area contributed by atoms with Crippen LogP contribution in [-0.4, -0.2) is 24.1 Å². The van der Waals surface area contributed by atoms with Crippen molar-refractivity contribution in [2.24, 2.45) is 11.8 Å². The van der Waals surface area contributed by atoms with E-state index in [4.69, 9.17) is 9.47 Å². The van der Waals surface area contributed by atoms with Crippen LogP contribution in [0.25, 0.3) is 0 Å². The lowest BCUT2D eigenvalue weighted by molar-refractivity contribution is -0.163. The number of carbonyl (C=O) groups is 2. The molecule has 1 saturated carbocycles. The maximum absolute atomic E-state index is 12.3. The van der Waals surface area contributed by atoms with Crippen molar-refractivity contribution in [1.82, 2.24) is 0 Å². The number of hydrogen-bond acceptors (Lipinski definition) is 4. The van der Waals surface area contributed by atoms with Crippen LogP contribution in [0.3, 0.4) is 0 Å². The molecule has 1 aromatic carbocycles. The first-order valence-electron chi connectivity index (χ1n) is 10.7. The van der Waals surface area contributed by atoms with Crippen molar-refractivity contribution in [1.29, 1.82) is 0 Å². The summed E-state index contributed by atoms with van der Waals surface area (Å²) >= 11 is 0. The first-order valence-corrected chi connectivity index (χ1v) is 10.7. The van der Waals surface area contributed by atoms with Gasteiger partial charge in [0.1, 0.15) is 5.60 Å². The second-order valence-electron chi connectivity index (χ2n) is 8.90. The number of benzene rings is 1. The van der Waals surface area contributed by atoms with Crippen LogP contribution < -0.4 is 0 Å². The topological polar surface area (TPSA) is 52.6 Å². The van der Waals surface area contributed by atoms with Gasteiger partial charge in [0.2, 0.25) is 0 Å². The Bertz CT molecular complexity index is 639. The maximum Gasteiger partial charge on any atom is 0.344 e. The van der Waals surface area contributed by atoms with Gasteiger partial charge in [-0.25, -0.2) is 9.59 Å². The predicted molar refractivity (Wildman–Crippen MR) is 111 cm³/mol. The van der Waals surface area contributed by atoms with Gasteiger partial charge in [0.05, 0.1) is 5.56 Å². The highest BCUT2D eigenvalue weighted by Gasteiger charge is 2.36. The van der Waals surface area contributed by atoms with E-state index in [1.165, 1.54) is 5.56 Å². The summed E-state index contributed by atoms with van der Waals surface area (Å²) in [5, 5.41) is 0. The van der Waals surface area contributed by atoms with Crippen LogP contribution in [0, 0.1) is 11.8 Å². The summed E-state index contributed by atoms with van der Waals surface area (Å²) in [6.07, 6.45) is 5.90. The predicted octanol–water partition coefficient (Wildman–Crippen LogP) is 5.90. The van der Waals surface area contributed by atoms with Crippen molar-refractivity contribution in [2.45, 2.75) is 84.7 Å². The fourth-order valence-corrected chi connectivity index (χ4v) is 4.19. The normalized spacial score (nSPS) is 17.0. The molecule has 1 atom stereocenters. The second-order valence-corrected chi connectivity index (χ2v) is 8.90. The third-order valence-electron chi connectivity index (χ3n) is 5.92. The third-order valence-corrected chi connectivity index (χ3v) is 5.92. The molecule has 1 aliphatic rings. The third kappa shape index (κ3) is 6.08. The van der Waals surface area contributed by atoms with Gasteiger partial charge in [-0.15, -0.1) is 0 Å². The summed E-state index contributed by atoms with van der Waals surface area (Å²) in [5.41, 5.74) is 1.35. The summed E-state index contributed by atoms with van der Waals surface area (Å²) in [4.78, 5) is 24.4. The van der Waals surface area contributed by atoms with E-state index in [0.717, 1.165) is 38.5 Å². The van der Waals surface area contributed by atoms with Crippen LogP contribution >= 0.6 is 0 Å². The number of rotatable bonds is 9. The molecule has 0 saturated heterocycles. The molecule has 28 heavy (non-hydrogen) atoms. The van der Waals surface area contributed by atoms with Crippen LogP contribution in [-0.2, 0) is 14.3 Å². The Morgan fingerprint density at radius 3 is 2.14 bits per heavy atom. The Morgan fingerprint density at radius 1 is 1.04 bits per heavy atom. The summed E-state index contributed by atoms with van der Waals surface area (Å²) in [6.45, 7) is 10.6. The Morgan fingerprint density at radius 2 is 1.64 bits per heavy atom. The molecule has 0 aromatic heterocycles. The molecule has 2 rings (SSSR count). The molecule has 1 fully saturated rings. The van der Waals surface area contributed by atoms with Crippen molar-refractivity contribution < 1.29 is 19.1 Å². The fraction of sp³-hybridized carbons (Fsp3) is 0.667. The van der Waals surface area contributed by atoms with Gasteiger partial charge in [0, 0.05) is 0 Å². The zero-order valence-corrected chi connectivity index (χ0v) is 18.1. The van der Waals surface area contributed by atoms with Crippen LogP contribution in [0.2, 0.25) is 0 Å². The molecular formula is C24H36O4. The Hall–Kier alpha value is -1.84. The zero-order chi connectivity index (χ0) is 20.7. The van der Waals surface area contributed by atoms with Crippen LogP contribution in [0.4, 0.5) is 0 Å². The monoisotopic (exact) mass is 388 g/mol. The highest BCUT2D eigenvalue weighted by molar-refractivity contribution is 5.90. The summed E-state index contributed by atoms with van der Waals surface area (Å²) in [5.74, 6) is 0.693. The van der Waals surface area contributed by atoms with Crippen molar-refractivity contribution in [3.63, 3.8) is 0 Å². The van der Waals surface area contributed by atoms with Gasteiger partial charge in [-0.2, -0.15) is 0 Å². The minimum Gasteiger partial charge on any atom is -0.457 e. The molecule has 1 aliphatic carbocycles. The van der Waals surface area contributed by atoms with Gasteiger partial charge in [-0.05, 0) is 74.0 Å². The molecule has 4 nitrogen and oxygen atoms in total. The number of carbonyl (C=O) groups excluding carboxylic acids is 2. The summed E-state index contributed by atoms with van der Waals surface area (Å²) in [6, 6.07) is 7.60. The standard InChI is InChI=1S/C24H36O4/c1-6-24(13-7-8-14-24)28-22(25)16-27-23(26)20-11-9-19(10-12-20)21(18(4)5)15-17(2)3/h9-12,17-18,21H,6-8,13-16H2,1-5H3. The lowest BCUT2D eigenvalue weighted by Gasteiger charge is -2.27. The van der Waals surface area contributed by atoms with Crippen molar-refractivity contribution >= 4 is 11.9 Å². The molecule has 1 aromatic rings. The fourth-order valence-electron chi connectivity index (χ4n) is 4.19. The van der Waals surface area contributed by atoms with E-state index in [-0.39, 0.29) is 12.2 Å². The minimum absolute atomic E-state index is 0.329. The average Bonchev–Trinajstić information content (AvgIpc) is 3.13. The lowest BCUT2D eigenvalue weighted by atomic mass is 9.82. The Kier molecular flexibility index (Phi) is 8.09. The molecule has 0 radical (unpaired) electrons. The molecule has 0 heterocycles. The largest absolute Gasteiger partial charge is 0.457 e. The molecule has 0 amide bonds. The number of esters is 2. The average molecular weight is 389 g/mol. The maximum atomic E-state index is 12.3. The smallest absolute Gasteiger partial charge is 0.344 e. The molecule has 0 spiro atoms. The van der Waals surface area contributed by atoms with E-state index in [2.05, 4.69) is 27.7 Å². The quantitative estimate of drug-likeness (QED) is 0.495. The zero-order valence-electron chi connectivity index (χ0n) is 18.1. The van der Waals surface area contributed by atoms with Crippen molar-refractivity contribution in [3.8, 4) is 0 Å². The number of ether oxygens (including phenoxy) is 2. The molecule has 0 aliphatic heterocycles. The molecule has 1 unspecified atom stereocenters. The first kappa shape index (κ1) is 22.4. The van der Waals surface area contributed by atoms with Gasteiger partial charge in [-0.3, -0.25) is 0 Å². The summed E-state index contributed by atoms with van der Waals surface area (Å²) in [7, 11) is 0. The molecular weight excluding hydrogens is 352 g/mol. The van der Waals surface area contributed by atoms with E-state index >= 15 is 0 Å². The van der Waals surface area contributed by atoms with Gasteiger partial charge in [-0.1, -0.05) is 46.8 Å². The van der Waals surface area contributed by atoms with E-state index in [0.29, 0.717) is 23.3 Å². The van der Waals surface area contributed by atoms with E-state index in [1.807, 2.05) is 19.1 Å². The molecule has 0 N–H and O–H groups in total. The summed E-state index contributed by atoms with van der Waals surface area (Å²) < 4.78 is 10.8. The highest BCUT2D eigenvalue weighted by atomic mass is 16.6. The number of hydrogen-bond donors (Lipinski definition) is 0. The van der Waals surface area contributed by atoms with Gasteiger partial charge in [0.25, 0.3) is 0 Å². The SMILES string of the molecule is CCC1(OC(=O)COC(=O)c2ccc(C(CC(C)C)C(C)C)cc2)CCCC1. The van der Waals surface area contributed by atoms with Gasteiger partial charge < -0.3 is 9.47 Å². The highest BCUT2D eigenvalue weighted by Crippen LogP contribution is 2.36. The lowest BCUT2D eigenvalue weighted by Crippen LogP contribution is -2.33. The van der Waals surface area contributed by atoms with Crippen LogP contribution in [0.1, 0.15) is 95.0 Å². The van der Waals surface area contributed by atoms with Crippen molar-refractivity contribution in [3.05, 3.63) is 35.4 Å². The minimum atomic E-state index is -0.481. The van der Waals surface area contributed by atoms with Crippen LogP contribution in [0.15, 0.2) is 24.3 Å². The van der Waals surface area contributed by atoms with Crippen molar-refractivity contribution in [2.75, 3.05) is 6.61 Å². The second kappa shape index (κ2) is 10.1. The Labute approximate surface area is 170 Å². The van der Waals surface area contributed by atoms with E-state index < -0.39 is 11.9 Å². The van der Waals surface area contributed by atoms with Crippen LogP contribution in [0.5, 0.6) is 0 Å². The molecule has 156 valence electrons. The molecule has 0 bridgehead atoms. The first-order chi connectivity index (χ1) is 13.3. The Balaban J connectivity index is 1.91. The van der Waals surface area contributed by atoms with Gasteiger partial charge in [0.15, 0.2) is 6.61 Å². The van der Waals surface area contributed by atoms with E-state index in [9.17, 15) is 9.59 Å². The molecule has 4 heteroatoms.